The molecule has 0 saturated carbocycles. The molecule has 0 aliphatic carbocycles. The second kappa shape index (κ2) is 5.45. The van der Waals surface area contributed by atoms with Crippen LogP contribution in [0, 0.1) is 0 Å². The van der Waals surface area contributed by atoms with Crippen molar-refractivity contribution in [2.75, 3.05) is 26.3 Å². The minimum atomic E-state index is 0.234. The standard InChI is InChI=1S/C15H18N2O2/c18-15(17-7-9-19-10-8-17)4-2-12-1-3-14-13(11-12)5-6-16-14/h1,3,5-6,11,16H,2,4,7-10H2. The second-order valence-electron chi connectivity index (χ2n) is 4.89. The highest BCUT2D eigenvalue weighted by molar-refractivity contribution is 5.80. The molecule has 4 nitrogen and oxygen atoms in total. The minimum Gasteiger partial charge on any atom is -0.378 e. The molecule has 0 atom stereocenters. The molecule has 2 heterocycles. The molecule has 0 radical (unpaired) electrons. The van der Waals surface area contributed by atoms with Crippen LogP contribution in [0.25, 0.3) is 10.9 Å². The first-order chi connectivity index (χ1) is 9.33. The van der Waals surface area contributed by atoms with Gasteiger partial charge in [0.1, 0.15) is 0 Å². The zero-order chi connectivity index (χ0) is 13.1. The number of rotatable bonds is 3. The Morgan fingerprint density at radius 1 is 1.26 bits per heavy atom. The Kier molecular flexibility index (Phi) is 3.51. The number of morpholine rings is 1. The fourth-order valence-electron chi connectivity index (χ4n) is 2.48. The summed E-state index contributed by atoms with van der Waals surface area (Å²) in [6, 6.07) is 8.37. The van der Waals surface area contributed by atoms with E-state index in [0.29, 0.717) is 19.6 Å². The van der Waals surface area contributed by atoms with E-state index in [9.17, 15) is 4.79 Å². The van der Waals surface area contributed by atoms with E-state index in [2.05, 4.69) is 29.2 Å². The van der Waals surface area contributed by atoms with Crippen LogP contribution in [0.1, 0.15) is 12.0 Å². The van der Waals surface area contributed by atoms with Crippen LogP contribution in [0.4, 0.5) is 0 Å². The molecular weight excluding hydrogens is 240 g/mol. The third-order valence-electron chi connectivity index (χ3n) is 3.61. The van der Waals surface area contributed by atoms with E-state index in [-0.39, 0.29) is 5.91 Å². The van der Waals surface area contributed by atoms with Crippen LogP contribution in [0.3, 0.4) is 0 Å². The Labute approximate surface area is 112 Å². The van der Waals surface area contributed by atoms with E-state index in [4.69, 9.17) is 4.74 Å². The molecule has 1 aromatic heterocycles. The first-order valence-electron chi connectivity index (χ1n) is 6.74. The van der Waals surface area contributed by atoms with Gasteiger partial charge in [-0.2, -0.15) is 0 Å². The van der Waals surface area contributed by atoms with Gasteiger partial charge in [0.15, 0.2) is 0 Å². The molecule has 0 bridgehead atoms. The molecule has 0 unspecified atom stereocenters. The lowest BCUT2D eigenvalue weighted by Crippen LogP contribution is -2.40. The normalized spacial score (nSPS) is 15.9. The second-order valence-corrected chi connectivity index (χ2v) is 4.89. The summed E-state index contributed by atoms with van der Waals surface area (Å²) in [7, 11) is 0. The summed E-state index contributed by atoms with van der Waals surface area (Å²) in [5, 5.41) is 1.20. The van der Waals surface area contributed by atoms with E-state index in [0.717, 1.165) is 25.0 Å². The van der Waals surface area contributed by atoms with Crippen LogP contribution in [-0.4, -0.2) is 42.1 Å². The van der Waals surface area contributed by atoms with Gasteiger partial charge in [0.2, 0.25) is 5.91 Å². The number of carbonyl (C=O) groups excluding carboxylic acids is 1. The van der Waals surface area contributed by atoms with Crippen LogP contribution in [0.5, 0.6) is 0 Å². The van der Waals surface area contributed by atoms with Crippen molar-refractivity contribution in [2.45, 2.75) is 12.8 Å². The molecule has 4 heteroatoms. The van der Waals surface area contributed by atoms with Gasteiger partial charge in [-0.1, -0.05) is 6.07 Å². The molecule has 1 amide bonds. The fourth-order valence-corrected chi connectivity index (χ4v) is 2.48. The predicted octanol–water partition coefficient (Wildman–Crippen LogP) is 1.96. The number of H-pyrrole nitrogens is 1. The summed E-state index contributed by atoms with van der Waals surface area (Å²) in [6.07, 6.45) is 3.32. The summed E-state index contributed by atoms with van der Waals surface area (Å²) < 4.78 is 5.25. The Morgan fingerprint density at radius 2 is 2.11 bits per heavy atom. The van der Waals surface area contributed by atoms with E-state index in [1.54, 1.807) is 0 Å². The number of aromatic amines is 1. The fraction of sp³-hybridized carbons (Fsp3) is 0.400. The monoisotopic (exact) mass is 258 g/mol. The number of fused-ring (bicyclic) bond motifs is 1. The Balaban J connectivity index is 1.60. The number of aromatic nitrogens is 1. The third kappa shape index (κ3) is 2.79. The number of carbonyl (C=O) groups is 1. The number of amides is 1. The minimum absolute atomic E-state index is 0.234. The van der Waals surface area contributed by atoms with Crippen molar-refractivity contribution < 1.29 is 9.53 Å². The number of benzene rings is 1. The molecule has 1 aliphatic heterocycles. The third-order valence-corrected chi connectivity index (χ3v) is 3.61. The van der Waals surface area contributed by atoms with Crippen molar-refractivity contribution in [1.82, 2.24) is 9.88 Å². The van der Waals surface area contributed by atoms with Crippen LogP contribution in [0.15, 0.2) is 30.5 Å². The van der Waals surface area contributed by atoms with Crippen LogP contribution >= 0.6 is 0 Å². The highest BCUT2D eigenvalue weighted by Crippen LogP contribution is 2.15. The lowest BCUT2D eigenvalue weighted by molar-refractivity contribution is -0.135. The van der Waals surface area contributed by atoms with Crippen molar-refractivity contribution >= 4 is 16.8 Å². The van der Waals surface area contributed by atoms with Crippen molar-refractivity contribution in [3.8, 4) is 0 Å². The zero-order valence-electron chi connectivity index (χ0n) is 10.9. The molecule has 100 valence electrons. The molecule has 1 fully saturated rings. The molecule has 1 aromatic carbocycles. The van der Waals surface area contributed by atoms with Crippen molar-refractivity contribution in [3.05, 3.63) is 36.0 Å². The van der Waals surface area contributed by atoms with Crippen molar-refractivity contribution in [1.29, 1.82) is 0 Å². The van der Waals surface area contributed by atoms with Gasteiger partial charge in [-0.15, -0.1) is 0 Å². The van der Waals surface area contributed by atoms with Crippen LogP contribution < -0.4 is 0 Å². The molecule has 3 rings (SSSR count). The quantitative estimate of drug-likeness (QED) is 0.914. The first-order valence-corrected chi connectivity index (χ1v) is 6.74. The highest BCUT2D eigenvalue weighted by atomic mass is 16.5. The predicted molar refractivity (Wildman–Crippen MR) is 74.0 cm³/mol. The maximum atomic E-state index is 12.0. The molecule has 2 aromatic rings. The number of nitrogens with one attached hydrogen (secondary N) is 1. The Bertz CT molecular complexity index is 570. The molecular formula is C15H18N2O2. The van der Waals surface area contributed by atoms with Gasteiger partial charge in [0.25, 0.3) is 0 Å². The summed E-state index contributed by atoms with van der Waals surface area (Å²) in [4.78, 5) is 17.1. The van der Waals surface area contributed by atoms with E-state index >= 15 is 0 Å². The average Bonchev–Trinajstić information content (AvgIpc) is 2.93. The topological polar surface area (TPSA) is 45.3 Å². The van der Waals surface area contributed by atoms with Gasteiger partial charge in [-0.25, -0.2) is 0 Å². The van der Waals surface area contributed by atoms with E-state index < -0.39 is 0 Å². The van der Waals surface area contributed by atoms with Crippen LogP contribution in [0.2, 0.25) is 0 Å². The number of hydrogen-bond acceptors (Lipinski definition) is 2. The highest BCUT2D eigenvalue weighted by Gasteiger charge is 2.16. The number of nitrogens with zero attached hydrogens (tertiary/aromatic N) is 1. The molecule has 19 heavy (non-hydrogen) atoms. The molecule has 1 aliphatic rings. The van der Waals surface area contributed by atoms with Crippen LogP contribution in [-0.2, 0) is 16.0 Å². The van der Waals surface area contributed by atoms with Gasteiger partial charge >= 0.3 is 0 Å². The van der Waals surface area contributed by atoms with E-state index in [1.807, 2.05) is 11.1 Å². The lowest BCUT2D eigenvalue weighted by atomic mass is 10.1. The van der Waals surface area contributed by atoms with E-state index in [1.165, 1.54) is 10.9 Å². The maximum absolute atomic E-state index is 12.0. The number of hydrogen-bond donors (Lipinski definition) is 1. The summed E-state index contributed by atoms with van der Waals surface area (Å²) in [5.74, 6) is 0.234. The van der Waals surface area contributed by atoms with Gasteiger partial charge in [-0.05, 0) is 35.6 Å². The largest absolute Gasteiger partial charge is 0.378 e. The van der Waals surface area contributed by atoms with Gasteiger partial charge in [0.05, 0.1) is 13.2 Å². The van der Waals surface area contributed by atoms with Crippen molar-refractivity contribution in [3.63, 3.8) is 0 Å². The summed E-state index contributed by atoms with van der Waals surface area (Å²) in [6.45, 7) is 2.80. The Morgan fingerprint density at radius 3 is 2.95 bits per heavy atom. The average molecular weight is 258 g/mol. The molecule has 1 N–H and O–H groups in total. The number of aryl methyl sites for hydroxylation is 1. The number of ether oxygens (including phenoxy) is 1. The SMILES string of the molecule is O=C(CCc1ccc2[nH]ccc2c1)N1CCOCC1. The Hall–Kier alpha value is -1.81. The van der Waals surface area contributed by atoms with Crippen molar-refractivity contribution in [2.24, 2.45) is 0 Å². The van der Waals surface area contributed by atoms with Gasteiger partial charge in [0, 0.05) is 31.2 Å². The lowest BCUT2D eigenvalue weighted by Gasteiger charge is -2.26. The summed E-state index contributed by atoms with van der Waals surface area (Å²) >= 11 is 0. The first kappa shape index (κ1) is 12.2. The molecule has 0 spiro atoms. The van der Waals surface area contributed by atoms with Gasteiger partial charge in [-0.3, -0.25) is 4.79 Å². The van der Waals surface area contributed by atoms with Gasteiger partial charge < -0.3 is 14.6 Å². The smallest absolute Gasteiger partial charge is 0.223 e. The zero-order valence-corrected chi connectivity index (χ0v) is 10.9. The maximum Gasteiger partial charge on any atom is 0.223 e. The molecule has 1 saturated heterocycles. The summed E-state index contributed by atoms with van der Waals surface area (Å²) in [5.41, 5.74) is 2.36.